The lowest BCUT2D eigenvalue weighted by Gasteiger charge is -2.04. The predicted octanol–water partition coefficient (Wildman–Crippen LogP) is 2.22. The molecule has 0 bridgehead atoms. The van der Waals surface area contributed by atoms with Gasteiger partial charge in [0, 0.05) is 19.8 Å². The standard InChI is InChI=1S/C16H18N6O2/c1-22-11-9-13(21-22)14-19-20-16(24-14)18-15(23)17-10-5-8-12-6-3-2-4-7-12/h2-4,6-7,9,11H,5,8,10H2,1H3,(H2,17,18,20,23). The summed E-state index contributed by atoms with van der Waals surface area (Å²) >= 11 is 0. The van der Waals surface area contributed by atoms with Crippen LogP contribution in [0.15, 0.2) is 47.0 Å². The summed E-state index contributed by atoms with van der Waals surface area (Å²) in [6.45, 7) is 0.558. The van der Waals surface area contributed by atoms with E-state index >= 15 is 0 Å². The summed E-state index contributed by atoms with van der Waals surface area (Å²) in [6.07, 6.45) is 3.53. The Morgan fingerprint density at radius 1 is 1.21 bits per heavy atom. The maximum absolute atomic E-state index is 11.8. The van der Waals surface area contributed by atoms with Gasteiger partial charge < -0.3 is 9.73 Å². The molecule has 3 rings (SSSR count). The first-order valence-electron chi connectivity index (χ1n) is 7.63. The van der Waals surface area contributed by atoms with Crippen LogP contribution in [0.5, 0.6) is 0 Å². The number of nitrogens with one attached hydrogen (secondary N) is 2. The minimum atomic E-state index is -0.376. The first-order valence-corrected chi connectivity index (χ1v) is 7.63. The van der Waals surface area contributed by atoms with E-state index in [9.17, 15) is 4.79 Å². The van der Waals surface area contributed by atoms with E-state index in [-0.39, 0.29) is 17.9 Å². The van der Waals surface area contributed by atoms with Crippen molar-refractivity contribution in [3.63, 3.8) is 0 Å². The first-order chi connectivity index (χ1) is 11.7. The molecule has 0 unspecified atom stereocenters. The Morgan fingerprint density at radius 2 is 2.04 bits per heavy atom. The van der Waals surface area contributed by atoms with E-state index in [4.69, 9.17) is 4.42 Å². The van der Waals surface area contributed by atoms with E-state index in [1.54, 1.807) is 24.0 Å². The van der Waals surface area contributed by atoms with Gasteiger partial charge in [-0.15, -0.1) is 5.10 Å². The van der Waals surface area contributed by atoms with Gasteiger partial charge in [0.15, 0.2) is 0 Å². The third-order valence-corrected chi connectivity index (χ3v) is 3.35. The minimum Gasteiger partial charge on any atom is -0.401 e. The summed E-state index contributed by atoms with van der Waals surface area (Å²) in [7, 11) is 1.79. The highest BCUT2D eigenvalue weighted by Crippen LogP contribution is 2.16. The number of anilines is 1. The second-order valence-electron chi connectivity index (χ2n) is 5.26. The summed E-state index contributed by atoms with van der Waals surface area (Å²) < 4.78 is 6.99. The van der Waals surface area contributed by atoms with Crippen molar-refractivity contribution in [2.24, 2.45) is 7.05 Å². The van der Waals surface area contributed by atoms with Gasteiger partial charge in [0.05, 0.1) is 0 Å². The normalized spacial score (nSPS) is 10.5. The Bertz CT molecular complexity index is 796. The number of nitrogens with zero attached hydrogens (tertiary/aromatic N) is 4. The lowest BCUT2D eigenvalue weighted by Crippen LogP contribution is -2.29. The molecule has 0 spiro atoms. The summed E-state index contributed by atoms with van der Waals surface area (Å²) in [5, 5.41) is 17.1. The van der Waals surface area contributed by atoms with Gasteiger partial charge in [0.25, 0.3) is 5.89 Å². The van der Waals surface area contributed by atoms with Gasteiger partial charge in [-0.05, 0) is 24.5 Å². The average molecular weight is 326 g/mol. The number of carbonyl (C=O) groups excluding carboxylic acids is 1. The van der Waals surface area contributed by atoms with Gasteiger partial charge in [0.1, 0.15) is 5.69 Å². The number of carbonyl (C=O) groups is 1. The molecule has 124 valence electrons. The molecule has 0 saturated heterocycles. The maximum Gasteiger partial charge on any atom is 0.324 e. The molecule has 8 heteroatoms. The van der Waals surface area contributed by atoms with Gasteiger partial charge in [-0.1, -0.05) is 35.4 Å². The Hall–Kier alpha value is -3.16. The third-order valence-electron chi connectivity index (χ3n) is 3.35. The molecule has 0 radical (unpaired) electrons. The smallest absolute Gasteiger partial charge is 0.324 e. The lowest BCUT2D eigenvalue weighted by molar-refractivity contribution is 0.251. The fourth-order valence-corrected chi connectivity index (χ4v) is 2.19. The molecule has 24 heavy (non-hydrogen) atoms. The Balaban J connectivity index is 1.43. The third kappa shape index (κ3) is 4.19. The topological polar surface area (TPSA) is 97.9 Å². The van der Waals surface area contributed by atoms with Crippen LogP contribution in [0.25, 0.3) is 11.6 Å². The molecule has 0 aliphatic carbocycles. The van der Waals surface area contributed by atoms with Gasteiger partial charge in [-0.25, -0.2) is 4.79 Å². The number of amides is 2. The van der Waals surface area contributed by atoms with Gasteiger partial charge >= 0.3 is 12.0 Å². The van der Waals surface area contributed by atoms with Crippen LogP contribution in [0.4, 0.5) is 10.8 Å². The Kier molecular flexibility index (Phi) is 4.85. The molecule has 0 aliphatic rings. The second kappa shape index (κ2) is 7.40. The molecular formula is C16H18N6O2. The van der Waals surface area contributed by atoms with Gasteiger partial charge in [-0.3, -0.25) is 10.00 Å². The Morgan fingerprint density at radius 3 is 2.79 bits per heavy atom. The maximum atomic E-state index is 11.8. The van der Waals surface area contributed by atoms with E-state index in [0.717, 1.165) is 12.8 Å². The van der Waals surface area contributed by atoms with Crippen LogP contribution in [-0.4, -0.2) is 32.6 Å². The summed E-state index contributed by atoms with van der Waals surface area (Å²) in [5.74, 6) is 0.259. The molecule has 0 atom stereocenters. The number of aryl methyl sites for hydroxylation is 2. The van der Waals surface area contributed by atoms with Crippen molar-refractivity contribution in [3.8, 4) is 11.6 Å². The number of hydrogen-bond acceptors (Lipinski definition) is 5. The van der Waals surface area contributed by atoms with Crippen molar-refractivity contribution in [3.05, 3.63) is 48.2 Å². The zero-order valence-corrected chi connectivity index (χ0v) is 13.3. The van der Waals surface area contributed by atoms with Crippen molar-refractivity contribution in [1.82, 2.24) is 25.3 Å². The molecule has 2 amide bonds. The zero-order chi connectivity index (χ0) is 16.8. The second-order valence-corrected chi connectivity index (χ2v) is 5.26. The SMILES string of the molecule is Cn1ccc(-c2nnc(NC(=O)NCCCc3ccccc3)o2)n1. The van der Waals surface area contributed by atoms with Crippen LogP contribution in [-0.2, 0) is 13.5 Å². The van der Waals surface area contributed by atoms with Crippen LogP contribution in [0.2, 0.25) is 0 Å². The number of aromatic nitrogens is 4. The van der Waals surface area contributed by atoms with Crippen molar-refractivity contribution in [2.75, 3.05) is 11.9 Å². The monoisotopic (exact) mass is 326 g/mol. The number of hydrogen-bond donors (Lipinski definition) is 2. The highest BCUT2D eigenvalue weighted by molar-refractivity contribution is 5.86. The molecule has 8 nitrogen and oxygen atoms in total. The van der Waals surface area contributed by atoms with Crippen molar-refractivity contribution in [1.29, 1.82) is 0 Å². The van der Waals surface area contributed by atoms with E-state index in [2.05, 4.69) is 38.1 Å². The molecule has 0 fully saturated rings. The molecule has 0 saturated carbocycles. The van der Waals surface area contributed by atoms with Crippen LogP contribution in [0.3, 0.4) is 0 Å². The van der Waals surface area contributed by atoms with E-state index < -0.39 is 0 Å². The highest BCUT2D eigenvalue weighted by atomic mass is 16.4. The van der Waals surface area contributed by atoms with Gasteiger partial charge in [0.2, 0.25) is 0 Å². The zero-order valence-electron chi connectivity index (χ0n) is 13.3. The average Bonchev–Trinajstić information content (AvgIpc) is 3.21. The Labute approximate surface area is 138 Å². The van der Waals surface area contributed by atoms with Crippen molar-refractivity contribution >= 4 is 12.0 Å². The van der Waals surface area contributed by atoms with Crippen LogP contribution < -0.4 is 10.6 Å². The number of urea groups is 1. The van der Waals surface area contributed by atoms with Crippen molar-refractivity contribution < 1.29 is 9.21 Å². The fourth-order valence-electron chi connectivity index (χ4n) is 2.19. The van der Waals surface area contributed by atoms with Crippen LogP contribution in [0, 0.1) is 0 Å². The lowest BCUT2D eigenvalue weighted by atomic mass is 10.1. The molecule has 2 heterocycles. The summed E-state index contributed by atoms with van der Waals surface area (Å²) in [6, 6.07) is 11.5. The molecular weight excluding hydrogens is 308 g/mol. The first kappa shape index (κ1) is 15.7. The van der Waals surface area contributed by atoms with Crippen LogP contribution in [0.1, 0.15) is 12.0 Å². The quantitative estimate of drug-likeness (QED) is 0.677. The molecule has 1 aromatic carbocycles. The molecule has 2 aromatic heterocycles. The fraction of sp³-hybridized carbons (Fsp3) is 0.250. The van der Waals surface area contributed by atoms with E-state index in [1.165, 1.54) is 5.56 Å². The van der Waals surface area contributed by atoms with Crippen LogP contribution >= 0.6 is 0 Å². The highest BCUT2D eigenvalue weighted by Gasteiger charge is 2.12. The van der Waals surface area contributed by atoms with E-state index in [1.807, 2.05) is 18.2 Å². The molecule has 0 aliphatic heterocycles. The molecule has 2 N–H and O–H groups in total. The molecule has 3 aromatic rings. The summed E-state index contributed by atoms with van der Waals surface area (Å²) in [4.78, 5) is 11.8. The summed E-state index contributed by atoms with van der Waals surface area (Å²) in [5.41, 5.74) is 1.80. The minimum absolute atomic E-state index is 0.0382. The van der Waals surface area contributed by atoms with Crippen molar-refractivity contribution in [2.45, 2.75) is 12.8 Å². The largest absolute Gasteiger partial charge is 0.401 e. The van der Waals surface area contributed by atoms with Gasteiger partial charge in [-0.2, -0.15) is 5.10 Å². The number of benzene rings is 1. The van der Waals surface area contributed by atoms with E-state index in [0.29, 0.717) is 12.2 Å². The number of rotatable bonds is 6. The predicted molar refractivity (Wildman–Crippen MR) is 88.3 cm³/mol.